The first-order chi connectivity index (χ1) is 14.0. The Morgan fingerprint density at radius 1 is 1.24 bits per heavy atom. The number of anilines is 1. The molecule has 0 aliphatic carbocycles. The summed E-state index contributed by atoms with van der Waals surface area (Å²) in [4.78, 5) is 15.7. The lowest BCUT2D eigenvalue weighted by atomic mass is 9.96. The molecule has 1 aliphatic rings. The second-order valence-corrected chi connectivity index (χ2v) is 7.06. The highest BCUT2D eigenvalue weighted by molar-refractivity contribution is 5.95. The van der Waals surface area contributed by atoms with Crippen LogP contribution in [0.1, 0.15) is 5.56 Å². The first kappa shape index (κ1) is 18.9. The van der Waals surface area contributed by atoms with Crippen molar-refractivity contribution in [2.24, 2.45) is 0 Å². The SMILES string of the molecule is C=CC(=O)N1CCN(c2cnnc3cc(-c4c(O)cccc4F)c(C)cc23)CC1. The number of phenols is 1. The minimum absolute atomic E-state index is 0.0625. The topological polar surface area (TPSA) is 69.6 Å². The molecule has 0 saturated carbocycles. The Labute approximate surface area is 167 Å². The van der Waals surface area contributed by atoms with E-state index in [2.05, 4.69) is 21.7 Å². The molecular weight excluding hydrogens is 371 g/mol. The molecule has 0 spiro atoms. The molecule has 6 nitrogen and oxygen atoms in total. The summed E-state index contributed by atoms with van der Waals surface area (Å²) in [5.74, 6) is -0.660. The second kappa shape index (κ2) is 7.50. The smallest absolute Gasteiger partial charge is 0.246 e. The van der Waals surface area contributed by atoms with Gasteiger partial charge in [0.05, 0.1) is 23.0 Å². The fourth-order valence-electron chi connectivity index (χ4n) is 3.80. The van der Waals surface area contributed by atoms with Gasteiger partial charge in [0.1, 0.15) is 11.6 Å². The summed E-state index contributed by atoms with van der Waals surface area (Å²) in [5, 5.41) is 19.4. The van der Waals surface area contributed by atoms with Gasteiger partial charge in [-0.05, 0) is 48.4 Å². The van der Waals surface area contributed by atoms with Gasteiger partial charge < -0.3 is 14.9 Å². The number of rotatable bonds is 3. The molecule has 0 bridgehead atoms. The molecule has 29 heavy (non-hydrogen) atoms. The van der Waals surface area contributed by atoms with Gasteiger partial charge >= 0.3 is 0 Å². The number of nitrogens with zero attached hydrogens (tertiary/aromatic N) is 4. The van der Waals surface area contributed by atoms with Gasteiger partial charge in [-0.15, -0.1) is 0 Å². The number of carbonyl (C=O) groups excluding carboxylic acids is 1. The van der Waals surface area contributed by atoms with Crippen molar-refractivity contribution < 1.29 is 14.3 Å². The Morgan fingerprint density at radius 3 is 2.69 bits per heavy atom. The normalized spacial score (nSPS) is 14.3. The maximum atomic E-state index is 14.4. The van der Waals surface area contributed by atoms with Crippen LogP contribution >= 0.6 is 0 Å². The molecule has 148 valence electrons. The third-order valence-corrected chi connectivity index (χ3v) is 5.33. The number of aromatic hydroxyl groups is 1. The van der Waals surface area contributed by atoms with Crippen LogP contribution in [0.15, 0.2) is 49.2 Å². The van der Waals surface area contributed by atoms with Crippen LogP contribution in [0.2, 0.25) is 0 Å². The standard InChI is InChI=1S/C22H21FN4O2/c1-3-21(29)27-9-7-26(8-10-27)19-13-24-25-18-12-15(14(2)11-16(18)19)22-17(23)5-4-6-20(22)28/h3-6,11-13,28H,1,7-10H2,2H3. The van der Waals surface area contributed by atoms with Crippen molar-refractivity contribution >= 4 is 22.5 Å². The summed E-state index contributed by atoms with van der Waals surface area (Å²) in [7, 11) is 0. The van der Waals surface area contributed by atoms with E-state index in [0.717, 1.165) is 16.6 Å². The summed E-state index contributed by atoms with van der Waals surface area (Å²) < 4.78 is 14.4. The molecule has 1 aliphatic heterocycles. The van der Waals surface area contributed by atoms with Gasteiger partial charge in [-0.1, -0.05) is 12.6 Å². The maximum absolute atomic E-state index is 14.4. The summed E-state index contributed by atoms with van der Waals surface area (Å²) in [5.41, 5.74) is 3.12. The maximum Gasteiger partial charge on any atom is 0.246 e. The van der Waals surface area contributed by atoms with Gasteiger partial charge in [-0.2, -0.15) is 10.2 Å². The van der Waals surface area contributed by atoms with E-state index >= 15 is 0 Å². The van der Waals surface area contributed by atoms with E-state index in [0.29, 0.717) is 37.3 Å². The first-order valence-electron chi connectivity index (χ1n) is 9.39. The van der Waals surface area contributed by atoms with Gasteiger partial charge in [-0.3, -0.25) is 4.79 Å². The molecule has 1 saturated heterocycles. The van der Waals surface area contributed by atoms with Crippen molar-refractivity contribution in [3.05, 3.63) is 60.6 Å². The molecule has 0 atom stereocenters. The molecule has 0 radical (unpaired) electrons. The first-order valence-corrected chi connectivity index (χ1v) is 9.39. The van der Waals surface area contributed by atoms with E-state index in [1.807, 2.05) is 13.0 Å². The van der Waals surface area contributed by atoms with Gasteiger partial charge in [-0.25, -0.2) is 4.39 Å². The average molecular weight is 392 g/mol. The number of halogens is 1. The molecule has 7 heteroatoms. The quantitative estimate of drug-likeness (QED) is 0.693. The van der Waals surface area contributed by atoms with Crippen LogP contribution in [-0.2, 0) is 4.79 Å². The van der Waals surface area contributed by atoms with Crippen molar-refractivity contribution in [3.8, 4) is 16.9 Å². The molecule has 2 aromatic carbocycles. The number of benzene rings is 2. The Balaban J connectivity index is 1.73. The minimum atomic E-state index is -0.487. The van der Waals surface area contributed by atoms with Gasteiger partial charge in [0.25, 0.3) is 0 Å². The number of phenolic OH excluding ortho intramolecular Hbond substituents is 1. The molecule has 1 amide bonds. The zero-order valence-electron chi connectivity index (χ0n) is 16.1. The van der Waals surface area contributed by atoms with Crippen LogP contribution in [-0.4, -0.2) is 52.3 Å². The van der Waals surface area contributed by atoms with Crippen LogP contribution in [0.3, 0.4) is 0 Å². The molecule has 1 N–H and O–H groups in total. The van der Waals surface area contributed by atoms with E-state index in [9.17, 15) is 14.3 Å². The molecule has 0 unspecified atom stereocenters. The third kappa shape index (κ3) is 3.40. The Kier molecular flexibility index (Phi) is 4.88. The van der Waals surface area contributed by atoms with E-state index < -0.39 is 5.82 Å². The largest absolute Gasteiger partial charge is 0.507 e. The fourth-order valence-corrected chi connectivity index (χ4v) is 3.80. The molecule has 2 heterocycles. The van der Waals surface area contributed by atoms with Gasteiger partial charge in [0.15, 0.2) is 0 Å². The Morgan fingerprint density at radius 2 is 2.00 bits per heavy atom. The molecule has 1 aromatic heterocycles. The number of carbonyl (C=O) groups is 1. The number of amides is 1. The molecular formula is C22H21FN4O2. The molecule has 1 fully saturated rings. The molecule has 4 rings (SSSR count). The summed E-state index contributed by atoms with van der Waals surface area (Å²) in [6.45, 7) is 7.99. The van der Waals surface area contributed by atoms with Crippen molar-refractivity contribution in [3.63, 3.8) is 0 Å². The monoisotopic (exact) mass is 392 g/mol. The number of aromatic nitrogens is 2. The van der Waals surface area contributed by atoms with Crippen LogP contribution in [0.4, 0.5) is 10.1 Å². The van der Waals surface area contributed by atoms with E-state index in [1.54, 1.807) is 17.2 Å². The lowest BCUT2D eigenvalue weighted by Crippen LogP contribution is -2.48. The van der Waals surface area contributed by atoms with Crippen LogP contribution in [0.25, 0.3) is 22.0 Å². The minimum Gasteiger partial charge on any atom is -0.507 e. The van der Waals surface area contributed by atoms with Crippen molar-refractivity contribution in [2.75, 3.05) is 31.1 Å². The van der Waals surface area contributed by atoms with Gasteiger partial charge in [0.2, 0.25) is 5.91 Å². The van der Waals surface area contributed by atoms with Crippen molar-refractivity contribution in [1.29, 1.82) is 0 Å². The van der Waals surface area contributed by atoms with Crippen molar-refractivity contribution in [2.45, 2.75) is 6.92 Å². The zero-order valence-corrected chi connectivity index (χ0v) is 16.1. The predicted octanol–water partition coefficient (Wildman–Crippen LogP) is 3.28. The van der Waals surface area contributed by atoms with Crippen molar-refractivity contribution in [1.82, 2.24) is 15.1 Å². The number of hydrogen-bond donors (Lipinski definition) is 1. The highest BCUT2D eigenvalue weighted by atomic mass is 19.1. The highest BCUT2D eigenvalue weighted by Crippen LogP contribution is 2.37. The van der Waals surface area contributed by atoms with Crippen LogP contribution in [0, 0.1) is 12.7 Å². The third-order valence-electron chi connectivity index (χ3n) is 5.33. The predicted molar refractivity (Wildman–Crippen MR) is 110 cm³/mol. The Hall–Kier alpha value is -3.48. The van der Waals surface area contributed by atoms with E-state index in [-0.39, 0.29) is 17.2 Å². The van der Waals surface area contributed by atoms with E-state index in [4.69, 9.17) is 0 Å². The number of hydrogen-bond acceptors (Lipinski definition) is 5. The van der Waals surface area contributed by atoms with E-state index in [1.165, 1.54) is 24.3 Å². The second-order valence-electron chi connectivity index (χ2n) is 7.06. The number of piperazine rings is 1. The van der Waals surface area contributed by atoms with Crippen LogP contribution < -0.4 is 4.90 Å². The highest BCUT2D eigenvalue weighted by Gasteiger charge is 2.22. The summed E-state index contributed by atoms with van der Waals surface area (Å²) >= 11 is 0. The number of fused-ring (bicyclic) bond motifs is 1. The van der Waals surface area contributed by atoms with Gasteiger partial charge in [0, 0.05) is 31.6 Å². The Bertz CT molecular complexity index is 1090. The summed E-state index contributed by atoms with van der Waals surface area (Å²) in [6, 6.07) is 7.97. The lowest BCUT2D eigenvalue weighted by molar-refractivity contribution is -0.126. The zero-order chi connectivity index (χ0) is 20.5. The fraction of sp³-hybridized carbons (Fsp3) is 0.227. The summed E-state index contributed by atoms with van der Waals surface area (Å²) in [6.07, 6.45) is 3.05. The number of aryl methyl sites for hydroxylation is 1. The molecule has 3 aromatic rings. The average Bonchev–Trinajstić information content (AvgIpc) is 2.73. The van der Waals surface area contributed by atoms with Crippen LogP contribution in [0.5, 0.6) is 5.75 Å². The lowest BCUT2D eigenvalue weighted by Gasteiger charge is -2.35.